The molecule has 2 aromatic rings. The summed E-state index contributed by atoms with van der Waals surface area (Å²) in [7, 11) is 0. The Bertz CT molecular complexity index is 617. The summed E-state index contributed by atoms with van der Waals surface area (Å²) in [6.07, 6.45) is 2.21. The van der Waals surface area contributed by atoms with Crippen LogP contribution in [0.5, 0.6) is 0 Å². The smallest absolute Gasteiger partial charge is 0.134 e. The normalized spacial score (nSPS) is 22.8. The molecule has 1 aromatic carbocycles. The highest BCUT2D eigenvalue weighted by Crippen LogP contribution is 2.35. The van der Waals surface area contributed by atoms with E-state index in [0.29, 0.717) is 12.0 Å². The average molecular weight is 286 g/mol. The molecule has 0 spiro atoms. The topological polar surface area (TPSA) is 42.4 Å². The predicted octanol–water partition coefficient (Wildman–Crippen LogP) is 3.73. The number of benzene rings is 1. The third-order valence-corrected chi connectivity index (χ3v) is 5.01. The van der Waals surface area contributed by atoms with Gasteiger partial charge in [-0.05, 0) is 45.2 Å². The predicted molar refractivity (Wildman–Crippen MR) is 87.3 cm³/mol. The standard InChI is InChI=1S/C18H26N2O/c1-4-15-16-7-5-6-8-17(16)21-18(15)13(3)20-10-9-14(11-20)12(2)19/h5-8,12-14H,4,9-11,19H2,1-3H3. The van der Waals surface area contributed by atoms with Crippen molar-refractivity contribution in [2.24, 2.45) is 11.7 Å². The molecular formula is C18H26N2O. The Morgan fingerprint density at radius 2 is 2.10 bits per heavy atom. The van der Waals surface area contributed by atoms with Gasteiger partial charge < -0.3 is 10.2 Å². The van der Waals surface area contributed by atoms with Gasteiger partial charge in [0, 0.05) is 23.5 Å². The number of hydrogen-bond donors (Lipinski definition) is 1. The molecule has 1 aromatic heterocycles. The third kappa shape index (κ3) is 2.60. The van der Waals surface area contributed by atoms with Gasteiger partial charge in [-0.2, -0.15) is 0 Å². The van der Waals surface area contributed by atoms with Crippen molar-refractivity contribution in [3.63, 3.8) is 0 Å². The van der Waals surface area contributed by atoms with Gasteiger partial charge >= 0.3 is 0 Å². The molecule has 0 amide bonds. The van der Waals surface area contributed by atoms with Gasteiger partial charge in [0.05, 0.1) is 6.04 Å². The first-order valence-electron chi connectivity index (χ1n) is 8.11. The Kier molecular flexibility index (Phi) is 4.05. The van der Waals surface area contributed by atoms with E-state index in [1.807, 2.05) is 6.07 Å². The second-order valence-corrected chi connectivity index (χ2v) is 6.37. The number of fused-ring (bicyclic) bond motifs is 1. The van der Waals surface area contributed by atoms with Crippen LogP contribution in [0.2, 0.25) is 0 Å². The highest BCUT2D eigenvalue weighted by atomic mass is 16.3. The highest BCUT2D eigenvalue weighted by molar-refractivity contribution is 5.82. The fourth-order valence-corrected chi connectivity index (χ4v) is 3.58. The van der Waals surface area contributed by atoms with Gasteiger partial charge in [0.15, 0.2) is 0 Å². The maximum absolute atomic E-state index is 6.19. The van der Waals surface area contributed by atoms with Gasteiger partial charge in [0.2, 0.25) is 0 Å². The van der Waals surface area contributed by atoms with Gasteiger partial charge in [-0.15, -0.1) is 0 Å². The highest BCUT2D eigenvalue weighted by Gasteiger charge is 2.31. The monoisotopic (exact) mass is 286 g/mol. The van der Waals surface area contributed by atoms with E-state index in [1.54, 1.807) is 0 Å². The van der Waals surface area contributed by atoms with Crippen LogP contribution in [0.4, 0.5) is 0 Å². The van der Waals surface area contributed by atoms with Crippen molar-refractivity contribution in [3.05, 3.63) is 35.6 Å². The van der Waals surface area contributed by atoms with Gasteiger partial charge in [-0.3, -0.25) is 4.90 Å². The molecule has 21 heavy (non-hydrogen) atoms. The first-order chi connectivity index (χ1) is 10.1. The van der Waals surface area contributed by atoms with Crippen molar-refractivity contribution in [2.75, 3.05) is 13.1 Å². The lowest BCUT2D eigenvalue weighted by Crippen LogP contribution is -2.31. The zero-order chi connectivity index (χ0) is 15.0. The van der Waals surface area contributed by atoms with Crippen LogP contribution in [0.3, 0.4) is 0 Å². The van der Waals surface area contributed by atoms with Gasteiger partial charge in [-0.1, -0.05) is 25.1 Å². The quantitative estimate of drug-likeness (QED) is 0.931. The molecule has 3 rings (SSSR count). The Labute approximate surface area is 127 Å². The number of hydrogen-bond acceptors (Lipinski definition) is 3. The lowest BCUT2D eigenvalue weighted by atomic mass is 10.0. The molecule has 114 valence electrons. The number of rotatable bonds is 4. The number of aryl methyl sites for hydroxylation is 1. The molecule has 3 unspecified atom stereocenters. The molecule has 2 N–H and O–H groups in total. The lowest BCUT2D eigenvalue weighted by Gasteiger charge is -2.24. The summed E-state index contributed by atoms with van der Waals surface area (Å²) in [5, 5.41) is 1.27. The Morgan fingerprint density at radius 3 is 2.76 bits per heavy atom. The molecule has 1 fully saturated rings. The van der Waals surface area contributed by atoms with Crippen molar-refractivity contribution >= 4 is 11.0 Å². The maximum atomic E-state index is 6.19. The van der Waals surface area contributed by atoms with E-state index in [1.165, 1.54) is 17.4 Å². The minimum atomic E-state index is 0.281. The van der Waals surface area contributed by atoms with Crippen LogP contribution in [0, 0.1) is 5.92 Å². The number of nitrogens with zero attached hydrogens (tertiary/aromatic N) is 1. The lowest BCUT2D eigenvalue weighted by molar-refractivity contribution is 0.222. The van der Waals surface area contributed by atoms with Crippen LogP contribution in [0.15, 0.2) is 28.7 Å². The Balaban J connectivity index is 1.90. The van der Waals surface area contributed by atoms with Crippen LogP contribution in [0.25, 0.3) is 11.0 Å². The van der Waals surface area contributed by atoms with E-state index in [2.05, 4.69) is 43.9 Å². The average Bonchev–Trinajstić information content (AvgIpc) is 3.11. The summed E-state index contributed by atoms with van der Waals surface area (Å²) in [4.78, 5) is 2.52. The van der Waals surface area contributed by atoms with Crippen molar-refractivity contribution in [1.82, 2.24) is 4.90 Å². The van der Waals surface area contributed by atoms with Crippen molar-refractivity contribution < 1.29 is 4.42 Å². The summed E-state index contributed by atoms with van der Waals surface area (Å²) in [5.41, 5.74) is 8.44. The molecule has 3 nitrogen and oxygen atoms in total. The van der Waals surface area contributed by atoms with Gasteiger partial charge in [0.1, 0.15) is 11.3 Å². The minimum absolute atomic E-state index is 0.281. The number of furan rings is 1. The van der Waals surface area contributed by atoms with Crippen LogP contribution in [-0.4, -0.2) is 24.0 Å². The number of likely N-dealkylation sites (tertiary alicyclic amines) is 1. The Hall–Kier alpha value is -1.32. The summed E-state index contributed by atoms with van der Waals surface area (Å²) in [5.74, 6) is 1.76. The van der Waals surface area contributed by atoms with Crippen LogP contribution in [-0.2, 0) is 6.42 Å². The summed E-state index contributed by atoms with van der Waals surface area (Å²) < 4.78 is 6.19. The van der Waals surface area contributed by atoms with Crippen molar-refractivity contribution in [1.29, 1.82) is 0 Å². The van der Waals surface area contributed by atoms with E-state index >= 15 is 0 Å². The largest absolute Gasteiger partial charge is 0.459 e. The zero-order valence-corrected chi connectivity index (χ0v) is 13.3. The van der Waals surface area contributed by atoms with E-state index in [9.17, 15) is 0 Å². The summed E-state index contributed by atoms with van der Waals surface area (Å²) >= 11 is 0. The first kappa shape index (κ1) is 14.6. The number of nitrogens with two attached hydrogens (primary N) is 1. The SMILES string of the molecule is CCc1c(C(C)N2CCC(C(C)N)C2)oc2ccccc12. The third-order valence-electron chi connectivity index (χ3n) is 5.01. The first-order valence-corrected chi connectivity index (χ1v) is 8.11. The van der Waals surface area contributed by atoms with E-state index in [4.69, 9.17) is 10.2 Å². The fraction of sp³-hybridized carbons (Fsp3) is 0.556. The van der Waals surface area contributed by atoms with Crippen LogP contribution < -0.4 is 5.73 Å². The van der Waals surface area contributed by atoms with Crippen molar-refractivity contribution in [3.8, 4) is 0 Å². The molecule has 1 saturated heterocycles. The molecule has 0 aliphatic carbocycles. The van der Waals surface area contributed by atoms with Crippen LogP contribution in [0.1, 0.15) is 44.6 Å². The molecule has 0 radical (unpaired) electrons. The molecule has 0 bridgehead atoms. The zero-order valence-electron chi connectivity index (χ0n) is 13.3. The molecule has 0 saturated carbocycles. The number of para-hydroxylation sites is 1. The maximum Gasteiger partial charge on any atom is 0.134 e. The van der Waals surface area contributed by atoms with Gasteiger partial charge in [0.25, 0.3) is 0 Å². The second kappa shape index (κ2) is 5.82. The summed E-state index contributed by atoms with van der Waals surface area (Å²) in [6.45, 7) is 8.80. The Morgan fingerprint density at radius 1 is 1.33 bits per heavy atom. The minimum Gasteiger partial charge on any atom is -0.459 e. The van der Waals surface area contributed by atoms with E-state index < -0.39 is 0 Å². The van der Waals surface area contributed by atoms with E-state index in [-0.39, 0.29) is 6.04 Å². The van der Waals surface area contributed by atoms with E-state index in [0.717, 1.165) is 30.9 Å². The molecule has 2 heterocycles. The molecule has 3 heteroatoms. The van der Waals surface area contributed by atoms with Crippen LogP contribution >= 0.6 is 0 Å². The summed E-state index contributed by atoms with van der Waals surface area (Å²) in [6, 6.07) is 8.98. The van der Waals surface area contributed by atoms with Crippen molar-refractivity contribution in [2.45, 2.75) is 45.7 Å². The molecule has 1 aliphatic heterocycles. The second-order valence-electron chi connectivity index (χ2n) is 6.37. The van der Waals surface area contributed by atoms with Gasteiger partial charge in [-0.25, -0.2) is 0 Å². The fourth-order valence-electron chi connectivity index (χ4n) is 3.58. The molecule has 3 atom stereocenters. The molecular weight excluding hydrogens is 260 g/mol. The molecule has 1 aliphatic rings.